The van der Waals surface area contributed by atoms with E-state index in [-0.39, 0.29) is 79.8 Å². The zero-order valence-electron chi connectivity index (χ0n) is 34.5. The number of amides is 3. The van der Waals surface area contributed by atoms with Gasteiger partial charge in [-0.2, -0.15) is 0 Å². The number of aliphatic hydroxyl groups is 1. The molecule has 1 saturated heterocycles. The van der Waals surface area contributed by atoms with Crippen molar-refractivity contribution in [2.45, 2.75) is 78.0 Å². The molecule has 1 fully saturated rings. The Morgan fingerprint density at radius 1 is 1.05 bits per heavy atom. The molecule has 14 nitrogen and oxygen atoms in total. The number of phenols is 1. The summed E-state index contributed by atoms with van der Waals surface area (Å²) < 4.78 is 11.4. The number of thiazole rings is 1. The van der Waals surface area contributed by atoms with Gasteiger partial charge in [-0.25, -0.2) is 4.98 Å². The Labute approximate surface area is 361 Å². The quantitative estimate of drug-likeness (QED) is 0.0882. The third-order valence-electron chi connectivity index (χ3n) is 11.7. The SMILES string of the molecule is Cc1ncsc1-c1ccc([C@H](C)NC(=O)[C@@H]2C[C@@H](O)CN2C(=O)[C@@H](Cc2cc(OCCNC(=O)[C@H]3CCc4sc5nnc(-c6ccccc6O)cc5c4C3)no2)C(C)C)cc1. The summed E-state index contributed by atoms with van der Waals surface area (Å²) in [5.41, 5.74) is 7.09. The molecule has 0 bridgehead atoms. The predicted molar refractivity (Wildman–Crippen MR) is 232 cm³/mol. The first-order chi connectivity index (χ1) is 29.4. The normalized spacial score (nSPS) is 18.5. The molecule has 5 atom stereocenters. The molecule has 3 amide bonds. The summed E-state index contributed by atoms with van der Waals surface area (Å²) in [6.07, 6.45) is 1.64. The summed E-state index contributed by atoms with van der Waals surface area (Å²) in [5, 5.41) is 40.9. The second kappa shape index (κ2) is 18.1. The molecule has 8 rings (SSSR count). The van der Waals surface area contributed by atoms with Crippen LogP contribution in [0.5, 0.6) is 11.6 Å². The van der Waals surface area contributed by atoms with Gasteiger partial charge < -0.3 is 35.0 Å². The Balaban J connectivity index is 0.825. The zero-order chi connectivity index (χ0) is 42.8. The van der Waals surface area contributed by atoms with Crippen molar-refractivity contribution in [2.75, 3.05) is 19.7 Å². The Morgan fingerprint density at radius 3 is 2.61 bits per heavy atom. The number of aliphatic hydroxyl groups excluding tert-OH is 1. The zero-order valence-corrected chi connectivity index (χ0v) is 36.1. The number of benzene rings is 2. The third-order valence-corrected chi connectivity index (χ3v) is 13.9. The Kier molecular flexibility index (Phi) is 12.5. The van der Waals surface area contributed by atoms with Crippen molar-refractivity contribution in [3.8, 4) is 33.3 Å². The summed E-state index contributed by atoms with van der Waals surface area (Å²) in [4.78, 5) is 50.0. The number of carbonyl (C=O) groups is 3. The minimum absolute atomic E-state index is 0.0549. The number of likely N-dealkylation sites (tertiary alicyclic amines) is 1. The molecule has 1 aliphatic carbocycles. The lowest BCUT2D eigenvalue weighted by Crippen LogP contribution is -2.49. The smallest absolute Gasteiger partial charge is 0.254 e. The van der Waals surface area contributed by atoms with Gasteiger partial charge in [0.15, 0.2) is 0 Å². The molecule has 4 aromatic heterocycles. The molecule has 61 heavy (non-hydrogen) atoms. The van der Waals surface area contributed by atoms with Gasteiger partial charge in [-0.3, -0.25) is 14.4 Å². The maximum atomic E-state index is 14.1. The summed E-state index contributed by atoms with van der Waals surface area (Å²) in [6, 6.07) is 17.5. The average molecular weight is 864 g/mol. The maximum Gasteiger partial charge on any atom is 0.254 e. The van der Waals surface area contributed by atoms with Crippen molar-refractivity contribution in [3.63, 3.8) is 0 Å². The van der Waals surface area contributed by atoms with Gasteiger partial charge in [0, 0.05) is 53.1 Å². The highest BCUT2D eigenvalue weighted by molar-refractivity contribution is 7.18. The molecule has 0 unspecified atom stereocenters. The van der Waals surface area contributed by atoms with Crippen LogP contribution in [0, 0.1) is 24.7 Å². The van der Waals surface area contributed by atoms with Crippen LogP contribution in [-0.2, 0) is 33.6 Å². The van der Waals surface area contributed by atoms with Crippen LogP contribution in [0.15, 0.2) is 70.7 Å². The predicted octanol–water partition coefficient (Wildman–Crippen LogP) is 6.44. The number of para-hydroxylation sites is 1. The van der Waals surface area contributed by atoms with Gasteiger partial charge in [-0.15, -0.1) is 32.9 Å². The fourth-order valence-corrected chi connectivity index (χ4v) is 10.3. The number of thiophene rings is 1. The first-order valence-electron chi connectivity index (χ1n) is 20.6. The fraction of sp³-hybridized carbons (Fsp3) is 0.400. The van der Waals surface area contributed by atoms with E-state index in [9.17, 15) is 24.6 Å². The topological polar surface area (TPSA) is 193 Å². The third kappa shape index (κ3) is 9.16. The second-order valence-electron chi connectivity index (χ2n) is 16.2. The van der Waals surface area contributed by atoms with Gasteiger partial charge in [-0.1, -0.05) is 50.2 Å². The molecular formula is C45H49N7O7S2. The average Bonchev–Trinajstić information content (AvgIpc) is 4.07. The molecule has 6 aromatic rings. The number of aromatic nitrogens is 4. The summed E-state index contributed by atoms with van der Waals surface area (Å²) in [6.45, 7) is 8.26. The lowest BCUT2D eigenvalue weighted by atomic mass is 9.86. The lowest BCUT2D eigenvalue weighted by Gasteiger charge is -2.30. The van der Waals surface area contributed by atoms with Crippen LogP contribution < -0.4 is 15.4 Å². The molecule has 0 saturated carbocycles. The van der Waals surface area contributed by atoms with Crippen LogP contribution in [0.2, 0.25) is 0 Å². The molecule has 2 aliphatic rings. The van der Waals surface area contributed by atoms with Crippen LogP contribution in [0.25, 0.3) is 31.9 Å². The van der Waals surface area contributed by atoms with Crippen molar-refractivity contribution in [2.24, 2.45) is 17.8 Å². The molecule has 0 spiro atoms. The number of rotatable bonds is 14. The molecule has 16 heteroatoms. The minimum Gasteiger partial charge on any atom is -0.507 e. The first kappa shape index (κ1) is 42.0. The number of aryl methyl sites for hydroxylation is 2. The number of hydrogen-bond acceptors (Lipinski definition) is 13. The number of aromatic hydroxyl groups is 1. The van der Waals surface area contributed by atoms with Gasteiger partial charge >= 0.3 is 0 Å². The van der Waals surface area contributed by atoms with Gasteiger partial charge in [-0.05, 0) is 79.1 Å². The van der Waals surface area contributed by atoms with Gasteiger partial charge in [0.1, 0.15) is 29.0 Å². The van der Waals surface area contributed by atoms with E-state index in [0.29, 0.717) is 23.4 Å². The van der Waals surface area contributed by atoms with Crippen LogP contribution in [-0.4, -0.2) is 85.0 Å². The van der Waals surface area contributed by atoms with Crippen LogP contribution in [0.3, 0.4) is 0 Å². The standard InChI is InChI=1S/C45H49N7O7S2/c1-24(2)33(45(57)52-22-30(53)18-37(52)43(56)48-25(3)27-9-11-28(12-10-27)41-26(4)47-23-60-41)19-31-20-40(51-59-31)58-16-15-46-42(55)29-13-14-39-34(17-29)35-21-36(49-50-44(35)61-39)32-7-5-6-8-38(32)54/h5-12,20-21,23-25,29-30,33,37,53-54H,13-19,22H2,1-4H3,(H,46,55)(H,48,56)/t25-,29-,30+,33-,37-/m0/s1. The molecular weight excluding hydrogens is 815 g/mol. The van der Waals surface area contributed by atoms with Gasteiger partial charge in [0.2, 0.25) is 17.7 Å². The van der Waals surface area contributed by atoms with E-state index in [1.807, 2.05) is 69.6 Å². The van der Waals surface area contributed by atoms with Crippen molar-refractivity contribution >= 4 is 50.6 Å². The maximum absolute atomic E-state index is 14.1. The molecule has 0 radical (unpaired) electrons. The highest BCUT2D eigenvalue weighted by Gasteiger charge is 2.42. The molecule has 318 valence electrons. The van der Waals surface area contributed by atoms with E-state index in [0.717, 1.165) is 50.3 Å². The number of hydrogen-bond donors (Lipinski definition) is 4. The van der Waals surface area contributed by atoms with Crippen LogP contribution >= 0.6 is 22.7 Å². The van der Waals surface area contributed by atoms with E-state index >= 15 is 0 Å². The number of nitrogens with zero attached hydrogens (tertiary/aromatic N) is 5. The number of fused-ring (bicyclic) bond motifs is 3. The summed E-state index contributed by atoms with van der Waals surface area (Å²) >= 11 is 3.19. The van der Waals surface area contributed by atoms with E-state index in [2.05, 4.69) is 31.0 Å². The molecule has 5 heterocycles. The monoisotopic (exact) mass is 863 g/mol. The number of β-amino-alcohol motifs (C(OH)–C–C–N with tert-alkyl or cyclic N) is 1. The van der Waals surface area contributed by atoms with Crippen LogP contribution in [0.4, 0.5) is 0 Å². The summed E-state index contributed by atoms with van der Waals surface area (Å²) in [5.74, 6) is -0.626. The molecule has 2 aromatic carbocycles. The largest absolute Gasteiger partial charge is 0.507 e. The van der Waals surface area contributed by atoms with E-state index in [4.69, 9.17) is 9.26 Å². The highest BCUT2D eigenvalue weighted by Crippen LogP contribution is 2.39. The van der Waals surface area contributed by atoms with Crippen LogP contribution in [0.1, 0.15) is 67.1 Å². The minimum atomic E-state index is -0.819. The summed E-state index contributed by atoms with van der Waals surface area (Å²) in [7, 11) is 0. The number of nitrogens with one attached hydrogen (secondary N) is 2. The fourth-order valence-electron chi connectivity index (χ4n) is 8.30. The Hall–Kier alpha value is -5.71. The van der Waals surface area contributed by atoms with Gasteiger partial charge in [0.05, 0.1) is 40.5 Å². The lowest BCUT2D eigenvalue weighted by molar-refractivity contribution is -0.143. The van der Waals surface area contributed by atoms with Gasteiger partial charge in [0.25, 0.3) is 5.88 Å². The Bertz CT molecular complexity index is 2530. The Morgan fingerprint density at radius 2 is 1.85 bits per heavy atom. The first-order valence-corrected chi connectivity index (χ1v) is 22.3. The van der Waals surface area contributed by atoms with Crippen molar-refractivity contribution in [1.29, 1.82) is 0 Å². The molecule has 4 N–H and O–H groups in total. The highest BCUT2D eigenvalue weighted by atomic mass is 32.1. The second-order valence-corrected chi connectivity index (χ2v) is 18.2. The van der Waals surface area contributed by atoms with E-state index < -0.39 is 18.1 Å². The van der Waals surface area contributed by atoms with Crippen molar-refractivity contribution in [1.82, 2.24) is 35.9 Å². The van der Waals surface area contributed by atoms with E-state index in [1.54, 1.807) is 46.9 Å². The van der Waals surface area contributed by atoms with Crippen molar-refractivity contribution < 1.29 is 33.9 Å². The van der Waals surface area contributed by atoms with Crippen molar-refractivity contribution in [3.05, 3.63) is 93.6 Å². The molecule has 1 aliphatic heterocycles. The number of phenolic OH excluding ortho intramolecular Hbond substituents is 1. The number of ether oxygens (including phenoxy) is 1. The number of carbonyl (C=O) groups excluding carboxylic acids is 3. The van der Waals surface area contributed by atoms with E-state index in [1.165, 1.54) is 9.78 Å².